The molecule has 0 aliphatic heterocycles. The van der Waals surface area contributed by atoms with E-state index >= 15 is 0 Å². The van der Waals surface area contributed by atoms with Gasteiger partial charge < -0.3 is 9.67 Å². The van der Waals surface area contributed by atoms with E-state index in [1.165, 1.54) is 28.1 Å². The summed E-state index contributed by atoms with van der Waals surface area (Å²) in [6.07, 6.45) is 0.932. The number of carboxylic acids is 1. The van der Waals surface area contributed by atoms with Gasteiger partial charge in [-0.25, -0.2) is 13.2 Å². The molecule has 1 atom stereocenters. The topological polar surface area (TPSA) is 119 Å². The van der Waals surface area contributed by atoms with Gasteiger partial charge in [0.15, 0.2) is 4.90 Å². The Morgan fingerprint density at radius 1 is 1.38 bits per heavy atom. The molecule has 1 aromatic rings. The van der Waals surface area contributed by atoms with Crippen molar-refractivity contribution < 1.29 is 18.3 Å². The highest BCUT2D eigenvalue weighted by molar-refractivity contribution is 7.89. The average molecular weight is 319 g/mol. The van der Waals surface area contributed by atoms with E-state index < -0.39 is 38.1 Å². The van der Waals surface area contributed by atoms with Gasteiger partial charge in [0.1, 0.15) is 0 Å². The first-order valence-electron chi connectivity index (χ1n) is 5.96. The summed E-state index contributed by atoms with van der Waals surface area (Å²) in [5, 5.41) is 8.81. The third-order valence-electron chi connectivity index (χ3n) is 3.06. The summed E-state index contributed by atoms with van der Waals surface area (Å²) in [7, 11) is -0.513. The Bertz CT molecular complexity index is 776. The zero-order valence-corrected chi connectivity index (χ0v) is 12.9. The molecule has 0 saturated carbocycles. The molecular formula is C11H17N3O6S. The van der Waals surface area contributed by atoms with Crippen molar-refractivity contribution in [3.05, 3.63) is 27.0 Å². The van der Waals surface area contributed by atoms with Crippen molar-refractivity contribution in [2.75, 3.05) is 13.6 Å². The van der Waals surface area contributed by atoms with Crippen LogP contribution < -0.4 is 11.2 Å². The Morgan fingerprint density at radius 2 is 1.90 bits per heavy atom. The number of aromatic nitrogens is 2. The zero-order chi connectivity index (χ0) is 16.5. The largest absolute Gasteiger partial charge is 0.481 e. The van der Waals surface area contributed by atoms with Gasteiger partial charge in [0.05, 0.1) is 5.92 Å². The fourth-order valence-electron chi connectivity index (χ4n) is 1.68. The fraction of sp³-hybridized carbons (Fsp3) is 0.545. The molecular weight excluding hydrogens is 302 g/mol. The summed E-state index contributed by atoms with van der Waals surface area (Å²) in [4.78, 5) is 33.7. The Hall–Kier alpha value is -1.94. The van der Waals surface area contributed by atoms with Crippen LogP contribution in [0.1, 0.15) is 6.92 Å². The van der Waals surface area contributed by atoms with Crippen molar-refractivity contribution in [1.82, 2.24) is 13.4 Å². The van der Waals surface area contributed by atoms with Crippen molar-refractivity contribution in [3.63, 3.8) is 0 Å². The van der Waals surface area contributed by atoms with Gasteiger partial charge in [0.25, 0.3) is 5.56 Å². The highest BCUT2D eigenvalue weighted by atomic mass is 32.2. The standard InChI is InChI=1S/C11H17N3O6S/c1-7(10(16)17)5-13(3)21(19,20)8-6-12(2)11(18)14(4)9(8)15/h6-7H,5H2,1-4H3,(H,16,17). The van der Waals surface area contributed by atoms with Crippen LogP contribution in [0, 0.1) is 5.92 Å². The number of rotatable bonds is 5. The van der Waals surface area contributed by atoms with Crippen LogP contribution in [0.5, 0.6) is 0 Å². The molecule has 0 saturated heterocycles. The lowest BCUT2D eigenvalue weighted by atomic mass is 10.2. The molecule has 0 radical (unpaired) electrons. The zero-order valence-electron chi connectivity index (χ0n) is 12.1. The number of hydrogen-bond acceptors (Lipinski definition) is 5. The molecule has 0 aliphatic rings. The number of carboxylic acid groups (broad SMARTS) is 1. The highest BCUT2D eigenvalue weighted by Crippen LogP contribution is 2.11. The lowest BCUT2D eigenvalue weighted by Crippen LogP contribution is -2.43. The van der Waals surface area contributed by atoms with E-state index in [2.05, 4.69) is 0 Å². The third-order valence-corrected chi connectivity index (χ3v) is 4.86. The predicted molar refractivity (Wildman–Crippen MR) is 73.5 cm³/mol. The number of nitrogens with zero attached hydrogens (tertiary/aromatic N) is 3. The Balaban J connectivity index is 3.36. The van der Waals surface area contributed by atoms with Crippen LogP contribution in [0.15, 0.2) is 20.7 Å². The first-order chi connectivity index (χ1) is 9.50. The molecule has 0 fully saturated rings. The van der Waals surface area contributed by atoms with Crippen LogP contribution in [0.4, 0.5) is 0 Å². The maximum atomic E-state index is 12.3. The maximum Gasteiger partial charge on any atom is 0.330 e. The third kappa shape index (κ3) is 3.22. The lowest BCUT2D eigenvalue weighted by molar-refractivity contribution is -0.141. The highest BCUT2D eigenvalue weighted by Gasteiger charge is 2.28. The molecule has 0 spiro atoms. The summed E-state index contributed by atoms with van der Waals surface area (Å²) in [5.41, 5.74) is -1.60. The maximum absolute atomic E-state index is 12.3. The minimum atomic E-state index is -4.18. The quantitative estimate of drug-likeness (QED) is 0.700. The Morgan fingerprint density at radius 3 is 2.38 bits per heavy atom. The van der Waals surface area contributed by atoms with Gasteiger partial charge in [-0.3, -0.25) is 14.2 Å². The van der Waals surface area contributed by atoms with Crippen LogP contribution in [0.2, 0.25) is 0 Å². The number of aryl methyl sites for hydroxylation is 1. The van der Waals surface area contributed by atoms with Crippen molar-refractivity contribution in [3.8, 4) is 0 Å². The summed E-state index contributed by atoms with van der Waals surface area (Å²) in [5.74, 6) is -2.08. The SMILES string of the molecule is CC(CN(C)S(=O)(=O)c1cn(C)c(=O)n(C)c1=O)C(=O)O. The molecule has 10 heteroatoms. The van der Waals surface area contributed by atoms with Crippen molar-refractivity contribution >= 4 is 16.0 Å². The fourth-order valence-corrected chi connectivity index (χ4v) is 3.09. The van der Waals surface area contributed by atoms with Crippen molar-refractivity contribution in [2.45, 2.75) is 11.8 Å². The minimum absolute atomic E-state index is 0.288. The van der Waals surface area contributed by atoms with Gasteiger partial charge in [-0.15, -0.1) is 0 Å². The summed E-state index contributed by atoms with van der Waals surface area (Å²) < 4.78 is 27.1. The normalized spacial score (nSPS) is 13.4. The molecule has 1 unspecified atom stereocenters. The van der Waals surface area contributed by atoms with Crippen molar-refractivity contribution in [2.24, 2.45) is 20.0 Å². The first kappa shape index (κ1) is 17.1. The number of carbonyl (C=O) groups is 1. The van der Waals surface area contributed by atoms with E-state index in [0.29, 0.717) is 4.57 Å². The molecule has 9 nitrogen and oxygen atoms in total. The van der Waals surface area contributed by atoms with Crippen LogP contribution in [-0.2, 0) is 28.9 Å². The van der Waals surface area contributed by atoms with Crippen LogP contribution in [0.3, 0.4) is 0 Å². The Labute approximate surface area is 121 Å². The number of hydrogen-bond donors (Lipinski definition) is 1. The monoisotopic (exact) mass is 319 g/mol. The van der Waals surface area contributed by atoms with Gasteiger partial charge in [-0.05, 0) is 0 Å². The molecule has 1 aromatic heterocycles. The van der Waals surface area contributed by atoms with Crippen LogP contribution in [0.25, 0.3) is 0 Å². The molecule has 1 N–H and O–H groups in total. The van der Waals surface area contributed by atoms with E-state index in [1.807, 2.05) is 0 Å². The summed E-state index contributed by atoms with van der Waals surface area (Å²) in [6, 6.07) is 0. The molecule has 118 valence electrons. The van der Waals surface area contributed by atoms with Gasteiger partial charge in [-0.2, -0.15) is 4.31 Å². The van der Waals surface area contributed by atoms with E-state index in [4.69, 9.17) is 5.11 Å². The number of sulfonamides is 1. The summed E-state index contributed by atoms with van der Waals surface area (Å²) >= 11 is 0. The molecule has 0 aromatic carbocycles. The lowest BCUT2D eigenvalue weighted by Gasteiger charge is -2.19. The van der Waals surface area contributed by atoms with Crippen LogP contribution in [-0.4, -0.2) is 46.5 Å². The van der Waals surface area contributed by atoms with Crippen LogP contribution >= 0.6 is 0 Å². The molecule has 1 heterocycles. The Kier molecular flexibility index (Phi) is 4.74. The van der Waals surface area contributed by atoms with E-state index in [-0.39, 0.29) is 6.54 Å². The predicted octanol–water partition coefficient (Wildman–Crippen LogP) is -1.57. The van der Waals surface area contributed by atoms with Crippen molar-refractivity contribution in [1.29, 1.82) is 0 Å². The average Bonchev–Trinajstić information content (AvgIpc) is 2.39. The van der Waals surface area contributed by atoms with E-state index in [1.54, 1.807) is 0 Å². The molecule has 0 bridgehead atoms. The second kappa shape index (κ2) is 5.82. The first-order valence-corrected chi connectivity index (χ1v) is 7.40. The minimum Gasteiger partial charge on any atom is -0.481 e. The van der Waals surface area contributed by atoms with Gasteiger partial charge in [-0.1, -0.05) is 6.92 Å². The molecule has 21 heavy (non-hydrogen) atoms. The van der Waals surface area contributed by atoms with Gasteiger partial charge in [0.2, 0.25) is 10.0 Å². The second-order valence-electron chi connectivity index (χ2n) is 4.78. The van der Waals surface area contributed by atoms with Gasteiger partial charge in [0, 0.05) is 33.9 Å². The van der Waals surface area contributed by atoms with E-state index in [0.717, 1.165) is 15.1 Å². The molecule has 0 aliphatic carbocycles. The smallest absolute Gasteiger partial charge is 0.330 e. The molecule has 1 rings (SSSR count). The van der Waals surface area contributed by atoms with E-state index in [9.17, 15) is 22.8 Å². The summed E-state index contributed by atoms with van der Waals surface area (Å²) in [6.45, 7) is 1.07. The second-order valence-corrected chi connectivity index (χ2v) is 6.79. The van der Waals surface area contributed by atoms with Gasteiger partial charge >= 0.3 is 11.7 Å². The molecule has 0 amide bonds. The number of aliphatic carboxylic acids is 1.